The molecule has 0 bridgehead atoms. The number of piperidine rings is 1. The zero-order valence-corrected chi connectivity index (χ0v) is 18.2. The SMILES string of the molecule is C1Cc2sc3nc(CN4CCOCC4)nc(N4CC[C@@H]5CCCC[C@@H]5C4)c3c2C1. The van der Waals surface area contributed by atoms with E-state index in [4.69, 9.17) is 14.7 Å². The average Bonchev–Trinajstić information content (AvgIpc) is 3.35. The zero-order valence-electron chi connectivity index (χ0n) is 17.4. The van der Waals surface area contributed by atoms with Crippen LogP contribution in [-0.2, 0) is 24.1 Å². The van der Waals surface area contributed by atoms with E-state index in [-0.39, 0.29) is 0 Å². The topological polar surface area (TPSA) is 41.5 Å². The van der Waals surface area contributed by atoms with E-state index in [1.807, 2.05) is 11.3 Å². The number of hydrogen-bond acceptors (Lipinski definition) is 6. The number of hydrogen-bond donors (Lipinski definition) is 0. The molecule has 2 aromatic rings. The molecule has 6 rings (SSSR count). The van der Waals surface area contributed by atoms with Crippen LogP contribution in [0.3, 0.4) is 0 Å². The number of ether oxygens (including phenoxy) is 1. The maximum absolute atomic E-state index is 5.53. The van der Waals surface area contributed by atoms with Gasteiger partial charge < -0.3 is 9.64 Å². The van der Waals surface area contributed by atoms with Crippen molar-refractivity contribution in [3.05, 3.63) is 16.3 Å². The maximum Gasteiger partial charge on any atom is 0.146 e. The van der Waals surface area contributed by atoms with E-state index in [0.29, 0.717) is 0 Å². The van der Waals surface area contributed by atoms with Gasteiger partial charge in [0, 0.05) is 31.1 Å². The lowest BCUT2D eigenvalue weighted by Crippen LogP contribution is -2.42. The number of anilines is 1. The Morgan fingerprint density at radius 1 is 0.931 bits per heavy atom. The fourth-order valence-electron chi connectivity index (χ4n) is 6.07. The highest BCUT2D eigenvalue weighted by molar-refractivity contribution is 7.19. The number of morpholine rings is 1. The van der Waals surface area contributed by atoms with E-state index in [1.54, 1.807) is 10.4 Å². The van der Waals surface area contributed by atoms with E-state index in [0.717, 1.165) is 50.5 Å². The molecule has 1 saturated carbocycles. The van der Waals surface area contributed by atoms with Crippen molar-refractivity contribution in [1.29, 1.82) is 0 Å². The quantitative estimate of drug-likeness (QED) is 0.761. The highest BCUT2D eigenvalue weighted by Crippen LogP contribution is 2.43. The van der Waals surface area contributed by atoms with Gasteiger partial charge in [0.2, 0.25) is 0 Å². The van der Waals surface area contributed by atoms with Crippen LogP contribution in [0.1, 0.15) is 54.8 Å². The molecule has 156 valence electrons. The second kappa shape index (κ2) is 7.78. The van der Waals surface area contributed by atoms with Crippen LogP contribution in [0.15, 0.2) is 0 Å². The van der Waals surface area contributed by atoms with Gasteiger partial charge in [0.25, 0.3) is 0 Å². The van der Waals surface area contributed by atoms with Crippen LogP contribution in [0.2, 0.25) is 0 Å². The lowest BCUT2D eigenvalue weighted by Gasteiger charge is -2.42. The van der Waals surface area contributed by atoms with E-state index >= 15 is 0 Å². The van der Waals surface area contributed by atoms with Gasteiger partial charge in [-0.1, -0.05) is 19.3 Å². The van der Waals surface area contributed by atoms with E-state index in [2.05, 4.69) is 9.80 Å². The average molecular weight is 413 g/mol. The summed E-state index contributed by atoms with van der Waals surface area (Å²) in [6, 6.07) is 0. The first-order valence-corrected chi connectivity index (χ1v) is 12.5. The molecule has 5 nitrogen and oxygen atoms in total. The Hall–Kier alpha value is -1.24. The lowest BCUT2D eigenvalue weighted by atomic mass is 9.75. The summed E-state index contributed by atoms with van der Waals surface area (Å²) < 4.78 is 5.53. The minimum Gasteiger partial charge on any atom is -0.379 e. The molecule has 3 fully saturated rings. The van der Waals surface area contributed by atoms with E-state index < -0.39 is 0 Å². The summed E-state index contributed by atoms with van der Waals surface area (Å²) in [4.78, 5) is 18.2. The summed E-state index contributed by atoms with van der Waals surface area (Å²) in [6.45, 7) is 6.88. The first-order chi connectivity index (χ1) is 14.3. The van der Waals surface area contributed by atoms with Crippen LogP contribution >= 0.6 is 11.3 Å². The number of thiophene rings is 1. The second-order valence-corrected chi connectivity index (χ2v) is 10.5. The number of aromatic nitrogens is 2. The molecule has 0 aromatic carbocycles. The van der Waals surface area contributed by atoms with Crippen LogP contribution in [-0.4, -0.2) is 54.3 Å². The fraction of sp³-hybridized carbons (Fsp3) is 0.739. The third-order valence-electron chi connectivity index (χ3n) is 7.65. The molecule has 2 atom stereocenters. The summed E-state index contributed by atoms with van der Waals surface area (Å²) in [5, 5.41) is 1.41. The Labute approximate surface area is 177 Å². The number of aryl methyl sites for hydroxylation is 2. The molecule has 4 heterocycles. The molecule has 29 heavy (non-hydrogen) atoms. The lowest BCUT2D eigenvalue weighted by molar-refractivity contribution is 0.0331. The van der Waals surface area contributed by atoms with Gasteiger partial charge in [0.1, 0.15) is 16.5 Å². The van der Waals surface area contributed by atoms with E-state index in [9.17, 15) is 0 Å². The number of rotatable bonds is 3. The van der Waals surface area contributed by atoms with Crippen LogP contribution in [0.25, 0.3) is 10.2 Å². The van der Waals surface area contributed by atoms with Gasteiger partial charge in [-0.25, -0.2) is 9.97 Å². The van der Waals surface area contributed by atoms with Crippen LogP contribution < -0.4 is 4.90 Å². The number of nitrogens with zero attached hydrogens (tertiary/aromatic N) is 4. The maximum atomic E-state index is 5.53. The van der Waals surface area contributed by atoms with Crippen molar-refractivity contribution in [1.82, 2.24) is 14.9 Å². The monoisotopic (exact) mass is 412 g/mol. The zero-order chi connectivity index (χ0) is 19.2. The van der Waals surface area contributed by atoms with Crippen molar-refractivity contribution in [2.45, 2.75) is 57.9 Å². The molecule has 0 unspecified atom stereocenters. The first-order valence-electron chi connectivity index (χ1n) is 11.7. The fourth-order valence-corrected chi connectivity index (χ4v) is 7.35. The van der Waals surface area contributed by atoms with Crippen LogP contribution in [0, 0.1) is 11.8 Å². The Kier molecular flexibility index (Phi) is 4.97. The van der Waals surface area contributed by atoms with Gasteiger partial charge in [0.15, 0.2) is 0 Å². The normalized spacial score (nSPS) is 27.9. The van der Waals surface area contributed by atoms with Gasteiger partial charge >= 0.3 is 0 Å². The molecule has 4 aliphatic rings. The Morgan fingerprint density at radius 3 is 2.69 bits per heavy atom. The Morgan fingerprint density at radius 2 is 1.79 bits per heavy atom. The summed E-state index contributed by atoms with van der Waals surface area (Å²) in [6.07, 6.45) is 10.8. The third-order valence-corrected chi connectivity index (χ3v) is 8.84. The van der Waals surface area contributed by atoms with Gasteiger partial charge in [-0.15, -0.1) is 11.3 Å². The largest absolute Gasteiger partial charge is 0.379 e. The smallest absolute Gasteiger partial charge is 0.146 e. The van der Waals surface area contributed by atoms with Crippen molar-refractivity contribution >= 4 is 27.4 Å². The Balaban J connectivity index is 1.36. The molecular formula is C23H32N4OS. The molecule has 0 amide bonds. The molecule has 0 spiro atoms. The first kappa shape index (κ1) is 18.5. The molecule has 0 N–H and O–H groups in total. The highest BCUT2D eigenvalue weighted by Gasteiger charge is 2.33. The van der Waals surface area contributed by atoms with Crippen molar-refractivity contribution in [3.8, 4) is 0 Å². The van der Waals surface area contributed by atoms with Crippen LogP contribution in [0.4, 0.5) is 5.82 Å². The standard InChI is InChI=1S/C23H32N4OS/c1-2-5-17-14-27(9-8-16(17)4-1)22-21-18-6-3-7-19(18)29-23(21)25-20(24-22)15-26-10-12-28-13-11-26/h16-17H,1-15H2/t16-,17+/m0/s1. The predicted molar refractivity (Wildman–Crippen MR) is 118 cm³/mol. The molecule has 2 aliphatic carbocycles. The summed E-state index contributed by atoms with van der Waals surface area (Å²) in [5.74, 6) is 4.11. The molecule has 6 heteroatoms. The Bertz CT molecular complexity index is 891. The van der Waals surface area contributed by atoms with Gasteiger partial charge in [0.05, 0.1) is 25.1 Å². The van der Waals surface area contributed by atoms with Crippen molar-refractivity contribution < 1.29 is 4.74 Å². The molecule has 0 radical (unpaired) electrons. The van der Waals surface area contributed by atoms with Crippen molar-refractivity contribution in [2.75, 3.05) is 44.3 Å². The van der Waals surface area contributed by atoms with Gasteiger partial charge in [-0.05, 0) is 49.5 Å². The van der Waals surface area contributed by atoms with E-state index in [1.165, 1.54) is 80.5 Å². The molecule has 2 saturated heterocycles. The minimum atomic E-state index is 0.831. The van der Waals surface area contributed by atoms with Crippen molar-refractivity contribution in [2.24, 2.45) is 11.8 Å². The van der Waals surface area contributed by atoms with Crippen molar-refractivity contribution in [3.63, 3.8) is 0 Å². The summed E-state index contributed by atoms with van der Waals surface area (Å²) >= 11 is 1.94. The predicted octanol–water partition coefficient (Wildman–Crippen LogP) is 4.03. The summed E-state index contributed by atoms with van der Waals surface area (Å²) in [7, 11) is 0. The summed E-state index contributed by atoms with van der Waals surface area (Å²) in [5.41, 5.74) is 1.57. The molecular weight excluding hydrogens is 380 g/mol. The van der Waals surface area contributed by atoms with Crippen LogP contribution in [0.5, 0.6) is 0 Å². The minimum absolute atomic E-state index is 0.831. The second-order valence-electron chi connectivity index (χ2n) is 9.43. The molecule has 2 aliphatic heterocycles. The molecule has 2 aromatic heterocycles. The van der Waals surface area contributed by atoms with Gasteiger partial charge in [-0.3, -0.25) is 4.90 Å². The highest BCUT2D eigenvalue weighted by atomic mass is 32.1. The van der Waals surface area contributed by atoms with Gasteiger partial charge in [-0.2, -0.15) is 0 Å². The third kappa shape index (κ3) is 3.47. The number of fused-ring (bicyclic) bond motifs is 4.